The fourth-order valence-corrected chi connectivity index (χ4v) is 4.40. The van der Waals surface area contributed by atoms with Gasteiger partial charge in [-0.05, 0) is 66.6 Å². The van der Waals surface area contributed by atoms with Crippen LogP contribution in [0.5, 0.6) is 23.0 Å². The van der Waals surface area contributed by atoms with Crippen LogP contribution in [0.1, 0.15) is 49.8 Å². The SMILES string of the molecule is CCCc1c(OCCCOc2cc(O)c(-c3ccc(F)cc3)cc2CC)ccc2c1OCCC2. The van der Waals surface area contributed by atoms with Crippen molar-refractivity contribution in [1.29, 1.82) is 0 Å². The van der Waals surface area contributed by atoms with Crippen molar-refractivity contribution >= 4 is 0 Å². The maximum atomic E-state index is 13.3. The highest BCUT2D eigenvalue weighted by Gasteiger charge is 2.18. The molecule has 0 saturated carbocycles. The Morgan fingerprint density at radius 3 is 2.47 bits per heavy atom. The van der Waals surface area contributed by atoms with E-state index in [0.29, 0.717) is 30.9 Å². The summed E-state index contributed by atoms with van der Waals surface area (Å²) in [6.07, 6.45) is 5.58. The lowest BCUT2D eigenvalue weighted by Crippen LogP contribution is -2.12. The molecule has 0 atom stereocenters. The van der Waals surface area contributed by atoms with Gasteiger partial charge in [0.1, 0.15) is 28.8 Å². The molecule has 0 radical (unpaired) electrons. The van der Waals surface area contributed by atoms with Crippen LogP contribution >= 0.6 is 0 Å². The quantitative estimate of drug-likeness (QED) is 0.332. The summed E-state index contributed by atoms with van der Waals surface area (Å²) in [5, 5.41) is 10.6. The molecule has 0 saturated heterocycles. The molecule has 3 aromatic rings. The monoisotopic (exact) mass is 464 g/mol. The molecule has 1 aliphatic rings. The molecule has 1 N–H and O–H groups in total. The lowest BCUT2D eigenvalue weighted by Gasteiger charge is -2.22. The maximum absolute atomic E-state index is 13.3. The molecule has 0 unspecified atom stereocenters. The molecule has 1 heterocycles. The minimum atomic E-state index is -0.300. The molecule has 1 aliphatic heterocycles. The Bertz CT molecular complexity index is 1110. The normalized spacial score (nSPS) is 12.7. The van der Waals surface area contributed by atoms with Crippen LogP contribution in [0, 0.1) is 5.82 Å². The minimum absolute atomic E-state index is 0.119. The summed E-state index contributed by atoms with van der Waals surface area (Å²) in [4.78, 5) is 0. The average Bonchev–Trinajstić information content (AvgIpc) is 2.86. The van der Waals surface area contributed by atoms with Gasteiger partial charge in [-0.25, -0.2) is 4.39 Å². The standard InChI is InChI=1S/C29H33FO4/c1-3-7-24-27(14-11-22-8-5-15-34-29(22)24)32-16-6-17-33-28-19-26(31)25(18-20(28)4-2)21-9-12-23(30)13-10-21/h9-14,18-19,31H,3-8,15-17H2,1-2H3. The summed E-state index contributed by atoms with van der Waals surface area (Å²) in [6.45, 7) is 6.00. The van der Waals surface area contributed by atoms with Gasteiger partial charge in [0.05, 0.1) is 19.8 Å². The van der Waals surface area contributed by atoms with Gasteiger partial charge < -0.3 is 19.3 Å². The van der Waals surface area contributed by atoms with E-state index in [4.69, 9.17) is 14.2 Å². The maximum Gasteiger partial charge on any atom is 0.129 e. The highest BCUT2D eigenvalue weighted by atomic mass is 19.1. The molecule has 0 bridgehead atoms. The van der Waals surface area contributed by atoms with Crippen LogP contribution in [0.4, 0.5) is 4.39 Å². The van der Waals surface area contributed by atoms with Crippen LogP contribution in [-0.4, -0.2) is 24.9 Å². The largest absolute Gasteiger partial charge is 0.507 e. The first-order chi connectivity index (χ1) is 16.6. The Morgan fingerprint density at radius 2 is 1.74 bits per heavy atom. The topological polar surface area (TPSA) is 47.9 Å². The summed E-state index contributed by atoms with van der Waals surface area (Å²) in [5.41, 5.74) is 4.89. The van der Waals surface area contributed by atoms with Crippen molar-refractivity contribution in [2.75, 3.05) is 19.8 Å². The van der Waals surface area contributed by atoms with Crippen LogP contribution in [0.2, 0.25) is 0 Å². The van der Waals surface area contributed by atoms with Crippen molar-refractivity contribution in [2.24, 2.45) is 0 Å². The van der Waals surface area contributed by atoms with Crippen LogP contribution in [0.25, 0.3) is 11.1 Å². The number of aromatic hydroxyl groups is 1. The molecule has 0 aliphatic carbocycles. The second kappa shape index (κ2) is 11.3. The molecular formula is C29H33FO4. The third-order valence-corrected chi connectivity index (χ3v) is 6.15. The fraction of sp³-hybridized carbons (Fsp3) is 0.379. The van der Waals surface area contributed by atoms with E-state index in [-0.39, 0.29) is 11.6 Å². The Morgan fingerprint density at radius 1 is 0.971 bits per heavy atom. The van der Waals surface area contributed by atoms with Crippen LogP contribution in [-0.2, 0) is 19.3 Å². The van der Waals surface area contributed by atoms with E-state index in [2.05, 4.69) is 19.1 Å². The van der Waals surface area contributed by atoms with E-state index in [9.17, 15) is 9.50 Å². The Hall–Kier alpha value is -3.21. The summed E-state index contributed by atoms with van der Waals surface area (Å²) < 4.78 is 31.4. The number of phenolic OH excluding ortho intramolecular Hbond substituents is 1. The first-order valence-electron chi connectivity index (χ1n) is 12.3. The number of fused-ring (bicyclic) bond motifs is 1. The lowest BCUT2D eigenvalue weighted by molar-refractivity contribution is 0.241. The second-order valence-corrected chi connectivity index (χ2v) is 8.62. The lowest BCUT2D eigenvalue weighted by atomic mass is 9.99. The molecule has 34 heavy (non-hydrogen) atoms. The van der Waals surface area contributed by atoms with Crippen molar-refractivity contribution < 1.29 is 23.7 Å². The minimum Gasteiger partial charge on any atom is -0.507 e. The number of hydrogen-bond acceptors (Lipinski definition) is 4. The van der Waals surface area contributed by atoms with E-state index in [1.54, 1.807) is 18.2 Å². The first kappa shape index (κ1) is 23.9. The van der Waals surface area contributed by atoms with Gasteiger partial charge >= 0.3 is 0 Å². The zero-order valence-corrected chi connectivity index (χ0v) is 20.0. The number of benzene rings is 3. The Balaban J connectivity index is 1.37. The predicted molar refractivity (Wildman–Crippen MR) is 133 cm³/mol. The number of rotatable bonds is 10. The van der Waals surface area contributed by atoms with E-state index in [1.807, 2.05) is 13.0 Å². The highest BCUT2D eigenvalue weighted by molar-refractivity contribution is 5.72. The molecule has 4 rings (SSSR count). The van der Waals surface area contributed by atoms with Gasteiger partial charge in [0.15, 0.2) is 0 Å². The van der Waals surface area contributed by atoms with Gasteiger partial charge in [-0.15, -0.1) is 0 Å². The predicted octanol–water partition coefficient (Wildman–Crippen LogP) is 6.89. The summed E-state index contributed by atoms with van der Waals surface area (Å²) in [6, 6.07) is 13.9. The van der Waals surface area contributed by atoms with Gasteiger partial charge in [-0.1, -0.05) is 38.5 Å². The molecule has 5 heteroatoms. The van der Waals surface area contributed by atoms with Crippen molar-refractivity contribution in [3.05, 3.63) is 71.0 Å². The summed E-state index contributed by atoms with van der Waals surface area (Å²) in [5.74, 6) is 2.41. The van der Waals surface area contributed by atoms with Crippen molar-refractivity contribution in [3.8, 4) is 34.1 Å². The second-order valence-electron chi connectivity index (χ2n) is 8.62. The van der Waals surface area contributed by atoms with Crippen molar-refractivity contribution in [2.45, 2.75) is 52.4 Å². The van der Waals surface area contributed by atoms with E-state index >= 15 is 0 Å². The van der Waals surface area contributed by atoms with Gasteiger partial charge in [0.2, 0.25) is 0 Å². The zero-order chi connectivity index (χ0) is 23.9. The smallest absolute Gasteiger partial charge is 0.129 e. The summed E-state index contributed by atoms with van der Waals surface area (Å²) >= 11 is 0. The molecule has 4 nitrogen and oxygen atoms in total. The van der Waals surface area contributed by atoms with Gasteiger partial charge in [-0.3, -0.25) is 0 Å². The van der Waals surface area contributed by atoms with Gasteiger partial charge in [0, 0.05) is 23.6 Å². The Kier molecular flexibility index (Phi) is 7.94. The Labute approximate surface area is 201 Å². The van der Waals surface area contributed by atoms with E-state index in [0.717, 1.165) is 61.3 Å². The third-order valence-electron chi connectivity index (χ3n) is 6.15. The molecular weight excluding hydrogens is 431 g/mol. The number of ether oxygens (including phenoxy) is 3. The third kappa shape index (κ3) is 5.46. The number of phenols is 1. The number of hydrogen-bond donors (Lipinski definition) is 1. The fourth-order valence-electron chi connectivity index (χ4n) is 4.40. The highest BCUT2D eigenvalue weighted by Crippen LogP contribution is 2.37. The number of aryl methyl sites for hydroxylation is 2. The molecule has 3 aromatic carbocycles. The van der Waals surface area contributed by atoms with E-state index < -0.39 is 0 Å². The van der Waals surface area contributed by atoms with Crippen LogP contribution < -0.4 is 14.2 Å². The van der Waals surface area contributed by atoms with Crippen molar-refractivity contribution in [3.63, 3.8) is 0 Å². The molecule has 0 fully saturated rings. The van der Waals surface area contributed by atoms with Crippen molar-refractivity contribution in [1.82, 2.24) is 0 Å². The van der Waals surface area contributed by atoms with E-state index in [1.165, 1.54) is 23.3 Å². The molecule has 0 spiro atoms. The molecule has 0 amide bonds. The average molecular weight is 465 g/mol. The summed E-state index contributed by atoms with van der Waals surface area (Å²) in [7, 11) is 0. The zero-order valence-electron chi connectivity index (χ0n) is 20.0. The van der Waals surface area contributed by atoms with Crippen LogP contribution in [0.3, 0.4) is 0 Å². The van der Waals surface area contributed by atoms with Gasteiger partial charge in [-0.2, -0.15) is 0 Å². The van der Waals surface area contributed by atoms with Gasteiger partial charge in [0.25, 0.3) is 0 Å². The first-order valence-corrected chi connectivity index (χ1v) is 12.3. The van der Waals surface area contributed by atoms with Crippen LogP contribution in [0.15, 0.2) is 48.5 Å². The number of halogens is 1. The molecule has 0 aromatic heterocycles. The molecule has 180 valence electrons.